The minimum Gasteiger partial charge on any atom is -0.479 e. The number of rotatable bonds is 4. The van der Waals surface area contributed by atoms with Crippen molar-refractivity contribution in [2.75, 3.05) is 6.61 Å². The van der Waals surface area contributed by atoms with Crippen molar-refractivity contribution >= 4 is 5.97 Å². The highest BCUT2D eigenvalue weighted by Gasteiger charge is 2.03. The van der Waals surface area contributed by atoms with Gasteiger partial charge in [-0.05, 0) is 13.0 Å². The van der Waals surface area contributed by atoms with Gasteiger partial charge in [-0.2, -0.15) is 0 Å². The van der Waals surface area contributed by atoms with Crippen LogP contribution in [0.1, 0.15) is 5.56 Å². The lowest BCUT2D eigenvalue weighted by molar-refractivity contribution is -0.139. The Morgan fingerprint density at radius 2 is 2.06 bits per heavy atom. The predicted molar refractivity (Wildman–Crippen MR) is 65.3 cm³/mol. The maximum absolute atomic E-state index is 10.3. The molecule has 0 fully saturated rings. The van der Waals surface area contributed by atoms with Crippen LogP contribution in [-0.4, -0.2) is 27.7 Å². The van der Waals surface area contributed by atoms with Crippen molar-refractivity contribution in [1.82, 2.24) is 9.97 Å². The van der Waals surface area contributed by atoms with E-state index in [4.69, 9.17) is 9.84 Å². The number of nitrogens with zero attached hydrogens (tertiary/aromatic N) is 2. The highest BCUT2D eigenvalue weighted by molar-refractivity contribution is 5.68. The van der Waals surface area contributed by atoms with Crippen molar-refractivity contribution in [1.29, 1.82) is 0 Å². The Labute approximate surface area is 104 Å². The summed E-state index contributed by atoms with van der Waals surface area (Å²) in [6.07, 6.45) is 2.93. The first-order valence-corrected chi connectivity index (χ1v) is 5.39. The third-order valence-corrected chi connectivity index (χ3v) is 2.27. The number of hydrogen-bond donors (Lipinski definition) is 1. The molecule has 1 aromatic carbocycles. The number of benzene rings is 1. The van der Waals surface area contributed by atoms with E-state index in [2.05, 4.69) is 9.97 Å². The lowest BCUT2D eigenvalue weighted by atomic mass is 10.1. The van der Waals surface area contributed by atoms with E-state index in [0.29, 0.717) is 11.6 Å². The summed E-state index contributed by atoms with van der Waals surface area (Å²) < 4.78 is 4.96. The Morgan fingerprint density at radius 1 is 1.33 bits per heavy atom. The molecule has 18 heavy (non-hydrogen) atoms. The molecular weight excluding hydrogens is 232 g/mol. The van der Waals surface area contributed by atoms with Gasteiger partial charge in [0, 0.05) is 5.56 Å². The first-order valence-electron chi connectivity index (χ1n) is 5.39. The zero-order valence-electron chi connectivity index (χ0n) is 9.83. The summed E-state index contributed by atoms with van der Waals surface area (Å²) in [4.78, 5) is 18.6. The van der Waals surface area contributed by atoms with E-state index in [0.717, 1.165) is 11.1 Å². The van der Waals surface area contributed by atoms with E-state index in [1.807, 2.05) is 31.2 Å². The van der Waals surface area contributed by atoms with Crippen LogP contribution in [0.25, 0.3) is 11.4 Å². The fraction of sp³-hybridized carbons (Fsp3) is 0.154. The van der Waals surface area contributed by atoms with Gasteiger partial charge >= 0.3 is 5.97 Å². The molecule has 0 aliphatic rings. The zero-order valence-corrected chi connectivity index (χ0v) is 9.83. The summed E-state index contributed by atoms with van der Waals surface area (Å²) in [6, 6.07) is 7.82. The van der Waals surface area contributed by atoms with Gasteiger partial charge in [-0.3, -0.25) is 0 Å². The van der Waals surface area contributed by atoms with Crippen LogP contribution in [0.3, 0.4) is 0 Å². The third-order valence-electron chi connectivity index (χ3n) is 2.27. The molecule has 0 radical (unpaired) electrons. The molecule has 1 heterocycles. The first kappa shape index (κ1) is 12.0. The highest BCUT2D eigenvalue weighted by Crippen LogP contribution is 2.17. The maximum Gasteiger partial charge on any atom is 0.341 e. The van der Waals surface area contributed by atoms with E-state index in [1.165, 1.54) is 12.4 Å². The summed E-state index contributed by atoms with van der Waals surface area (Å²) in [5, 5.41) is 8.47. The second kappa shape index (κ2) is 5.27. The summed E-state index contributed by atoms with van der Waals surface area (Å²) in [5.41, 5.74) is 2.04. The topological polar surface area (TPSA) is 72.3 Å². The zero-order chi connectivity index (χ0) is 13.0. The molecule has 92 valence electrons. The lowest BCUT2D eigenvalue weighted by Crippen LogP contribution is -2.09. The van der Waals surface area contributed by atoms with Gasteiger partial charge in [0.1, 0.15) is 0 Å². The van der Waals surface area contributed by atoms with Crippen molar-refractivity contribution in [2.45, 2.75) is 6.92 Å². The lowest BCUT2D eigenvalue weighted by Gasteiger charge is -2.04. The Balaban J connectivity index is 2.14. The van der Waals surface area contributed by atoms with Crippen molar-refractivity contribution in [3.63, 3.8) is 0 Å². The molecule has 0 spiro atoms. The number of hydrogen-bond acceptors (Lipinski definition) is 4. The standard InChI is InChI=1S/C13H12N2O3/c1-9-3-2-4-10(5-9)13-14-6-11(7-15-13)18-8-12(16)17/h2-7H,8H2,1H3,(H,16,17). The highest BCUT2D eigenvalue weighted by atomic mass is 16.5. The van der Waals surface area contributed by atoms with Crippen molar-refractivity contribution in [3.05, 3.63) is 42.2 Å². The number of aromatic nitrogens is 2. The van der Waals surface area contributed by atoms with Crippen LogP contribution in [0.2, 0.25) is 0 Å². The molecule has 1 aromatic heterocycles. The normalized spacial score (nSPS) is 10.1. The first-order chi connectivity index (χ1) is 8.65. The van der Waals surface area contributed by atoms with Gasteiger partial charge in [0.15, 0.2) is 18.2 Å². The fourth-order valence-electron chi connectivity index (χ4n) is 1.47. The van der Waals surface area contributed by atoms with E-state index in [1.54, 1.807) is 0 Å². The summed E-state index contributed by atoms with van der Waals surface area (Å²) in [5.74, 6) is -0.104. The molecule has 5 nitrogen and oxygen atoms in total. The van der Waals surface area contributed by atoms with Gasteiger partial charge in [-0.1, -0.05) is 23.8 Å². The fourth-order valence-corrected chi connectivity index (χ4v) is 1.47. The second-order valence-corrected chi connectivity index (χ2v) is 3.79. The molecule has 0 amide bonds. The van der Waals surface area contributed by atoms with Crippen LogP contribution in [-0.2, 0) is 4.79 Å². The number of carbonyl (C=O) groups is 1. The van der Waals surface area contributed by atoms with Gasteiger partial charge in [0.25, 0.3) is 0 Å². The maximum atomic E-state index is 10.3. The van der Waals surface area contributed by atoms with Crippen molar-refractivity contribution < 1.29 is 14.6 Å². The molecule has 0 atom stereocenters. The smallest absolute Gasteiger partial charge is 0.341 e. The number of aryl methyl sites for hydroxylation is 1. The van der Waals surface area contributed by atoms with Crippen LogP contribution in [0.15, 0.2) is 36.7 Å². The second-order valence-electron chi connectivity index (χ2n) is 3.79. The quantitative estimate of drug-likeness (QED) is 0.889. The number of aliphatic carboxylic acids is 1. The minimum absolute atomic E-state index is 0.341. The molecule has 0 aliphatic heterocycles. The van der Waals surface area contributed by atoms with E-state index >= 15 is 0 Å². The van der Waals surface area contributed by atoms with E-state index < -0.39 is 12.6 Å². The summed E-state index contributed by atoms with van der Waals surface area (Å²) in [6.45, 7) is 1.60. The van der Waals surface area contributed by atoms with Gasteiger partial charge < -0.3 is 9.84 Å². The molecular formula is C13H12N2O3. The Kier molecular flexibility index (Phi) is 3.52. The molecule has 2 aromatic rings. The van der Waals surface area contributed by atoms with Gasteiger partial charge in [0.05, 0.1) is 12.4 Å². The molecule has 0 unspecified atom stereocenters. The monoisotopic (exact) mass is 244 g/mol. The Hall–Kier alpha value is -2.43. The largest absolute Gasteiger partial charge is 0.479 e. The predicted octanol–water partition coefficient (Wildman–Crippen LogP) is 1.92. The molecule has 0 saturated heterocycles. The van der Waals surface area contributed by atoms with Crippen LogP contribution in [0.4, 0.5) is 0 Å². The number of ether oxygens (including phenoxy) is 1. The Bertz CT molecular complexity index is 552. The summed E-state index contributed by atoms with van der Waals surface area (Å²) >= 11 is 0. The third kappa shape index (κ3) is 3.04. The van der Waals surface area contributed by atoms with Crippen LogP contribution in [0, 0.1) is 6.92 Å². The molecule has 0 saturated carbocycles. The molecule has 0 aliphatic carbocycles. The number of carboxylic acid groups (broad SMARTS) is 1. The van der Waals surface area contributed by atoms with E-state index in [9.17, 15) is 4.79 Å². The number of carboxylic acids is 1. The molecule has 0 bridgehead atoms. The van der Waals surface area contributed by atoms with Crippen LogP contribution >= 0.6 is 0 Å². The van der Waals surface area contributed by atoms with Gasteiger partial charge in [-0.25, -0.2) is 14.8 Å². The molecule has 5 heteroatoms. The van der Waals surface area contributed by atoms with Crippen molar-refractivity contribution in [3.8, 4) is 17.1 Å². The SMILES string of the molecule is Cc1cccc(-c2ncc(OCC(=O)O)cn2)c1. The van der Waals surface area contributed by atoms with E-state index in [-0.39, 0.29) is 0 Å². The average molecular weight is 244 g/mol. The van der Waals surface area contributed by atoms with Gasteiger partial charge in [0.2, 0.25) is 0 Å². The average Bonchev–Trinajstić information content (AvgIpc) is 2.37. The molecule has 2 rings (SSSR count). The van der Waals surface area contributed by atoms with Crippen molar-refractivity contribution in [2.24, 2.45) is 0 Å². The Morgan fingerprint density at radius 3 is 2.67 bits per heavy atom. The minimum atomic E-state index is -1.03. The van der Waals surface area contributed by atoms with Crippen LogP contribution in [0.5, 0.6) is 5.75 Å². The summed E-state index contributed by atoms with van der Waals surface area (Å²) in [7, 11) is 0. The van der Waals surface area contributed by atoms with Crippen LogP contribution < -0.4 is 4.74 Å². The molecule has 1 N–H and O–H groups in total. The van der Waals surface area contributed by atoms with Gasteiger partial charge in [-0.15, -0.1) is 0 Å².